The monoisotopic (exact) mass is 292 g/mol. The van der Waals surface area contributed by atoms with Gasteiger partial charge in [0, 0.05) is 11.8 Å². The molecule has 0 bridgehead atoms. The number of ether oxygens (including phenoxy) is 2. The summed E-state index contributed by atoms with van der Waals surface area (Å²) >= 11 is 0. The van der Waals surface area contributed by atoms with Crippen LogP contribution in [0.15, 0.2) is 18.2 Å². The molecule has 3 rings (SSSR count). The zero-order chi connectivity index (χ0) is 14.7. The Morgan fingerprint density at radius 1 is 1.24 bits per heavy atom. The van der Waals surface area contributed by atoms with Gasteiger partial charge >= 0.3 is 0 Å². The van der Waals surface area contributed by atoms with Crippen LogP contribution in [0.1, 0.15) is 12.8 Å². The number of hydrogen-bond acceptors (Lipinski definition) is 5. The summed E-state index contributed by atoms with van der Waals surface area (Å²) in [4.78, 5) is 11.8. The average Bonchev–Trinajstić information content (AvgIpc) is 2.45. The maximum absolute atomic E-state index is 11.8. The maximum Gasteiger partial charge on any atom is 0.238 e. The molecule has 0 saturated heterocycles. The highest BCUT2D eigenvalue weighted by molar-refractivity contribution is 5.92. The summed E-state index contributed by atoms with van der Waals surface area (Å²) in [6.07, 6.45) is 1.51. The average molecular weight is 292 g/mol. The van der Waals surface area contributed by atoms with Gasteiger partial charge in [0.15, 0.2) is 11.5 Å². The molecule has 3 N–H and O–H groups in total. The van der Waals surface area contributed by atoms with Gasteiger partial charge < -0.3 is 25.2 Å². The number of amides is 1. The van der Waals surface area contributed by atoms with Gasteiger partial charge in [-0.2, -0.15) is 0 Å². The van der Waals surface area contributed by atoms with E-state index in [1.807, 2.05) is 0 Å². The van der Waals surface area contributed by atoms with Crippen LogP contribution in [0.3, 0.4) is 0 Å². The molecular weight excluding hydrogens is 272 g/mol. The van der Waals surface area contributed by atoms with E-state index in [2.05, 4.69) is 10.6 Å². The first-order chi connectivity index (χ1) is 10.2. The summed E-state index contributed by atoms with van der Waals surface area (Å²) in [6.45, 7) is 2.12. The first kappa shape index (κ1) is 14.2. The highest BCUT2D eigenvalue weighted by atomic mass is 16.6. The number of aliphatic hydroxyl groups is 1. The van der Waals surface area contributed by atoms with Crippen molar-refractivity contribution < 1.29 is 19.4 Å². The molecule has 1 saturated carbocycles. The third-order valence-corrected chi connectivity index (χ3v) is 3.76. The van der Waals surface area contributed by atoms with Crippen LogP contribution in [-0.4, -0.2) is 43.4 Å². The Bertz CT molecular complexity index is 514. The Morgan fingerprint density at radius 3 is 2.76 bits per heavy atom. The molecule has 1 amide bonds. The molecule has 21 heavy (non-hydrogen) atoms. The topological polar surface area (TPSA) is 79.8 Å². The van der Waals surface area contributed by atoms with E-state index in [9.17, 15) is 9.90 Å². The molecule has 0 atom stereocenters. The Morgan fingerprint density at radius 2 is 2.00 bits per heavy atom. The Hall–Kier alpha value is -1.79. The van der Waals surface area contributed by atoms with Crippen molar-refractivity contribution in [3.8, 4) is 11.5 Å². The molecule has 0 aromatic heterocycles. The lowest BCUT2D eigenvalue weighted by Gasteiger charge is -2.31. The largest absolute Gasteiger partial charge is 0.486 e. The molecule has 2 aliphatic rings. The third-order valence-electron chi connectivity index (χ3n) is 3.76. The maximum atomic E-state index is 11.8. The highest BCUT2D eigenvalue weighted by Crippen LogP contribution is 2.32. The van der Waals surface area contributed by atoms with Crippen molar-refractivity contribution in [1.29, 1.82) is 0 Å². The fraction of sp³-hybridized carbons (Fsp3) is 0.533. The van der Waals surface area contributed by atoms with Gasteiger partial charge in [0.2, 0.25) is 5.91 Å². The minimum Gasteiger partial charge on any atom is -0.486 e. The van der Waals surface area contributed by atoms with Gasteiger partial charge in [-0.05, 0) is 37.4 Å². The van der Waals surface area contributed by atoms with E-state index in [0.717, 1.165) is 19.4 Å². The van der Waals surface area contributed by atoms with Crippen molar-refractivity contribution in [2.45, 2.75) is 18.9 Å². The van der Waals surface area contributed by atoms with E-state index >= 15 is 0 Å². The summed E-state index contributed by atoms with van der Waals surface area (Å²) in [5.41, 5.74) is 0.699. The van der Waals surface area contributed by atoms with Crippen LogP contribution in [0, 0.1) is 5.92 Å². The zero-order valence-corrected chi connectivity index (χ0v) is 11.8. The molecule has 1 aromatic rings. The smallest absolute Gasteiger partial charge is 0.238 e. The number of hydrogen-bond donors (Lipinski definition) is 3. The Labute approximate surface area is 123 Å². The SMILES string of the molecule is O=C(CNCC1CC(O)C1)Nc1ccc2c(c1)OCCO2. The fourth-order valence-electron chi connectivity index (χ4n) is 2.58. The lowest BCUT2D eigenvalue weighted by atomic mass is 9.82. The predicted octanol–water partition coefficient (Wildman–Crippen LogP) is 0.757. The molecule has 0 spiro atoms. The Balaban J connectivity index is 1.44. The molecule has 1 aliphatic heterocycles. The number of aliphatic hydroxyl groups excluding tert-OH is 1. The van der Waals surface area contributed by atoms with E-state index in [1.165, 1.54) is 0 Å². The third kappa shape index (κ3) is 3.65. The molecule has 0 unspecified atom stereocenters. The van der Waals surface area contributed by atoms with E-state index in [4.69, 9.17) is 9.47 Å². The van der Waals surface area contributed by atoms with Crippen LogP contribution in [0.25, 0.3) is 0 Å². The van der Waals surface area contributed by atoms with Gasteiger partial charge in [-0.15, -0.1) is 0 Å². The molecule has 6 nitrogen and oxygen atoms in total. The first-order valence-electron chi connectivity index (χ1n) is 7.29. The zero-order valence-electron chi connectivity index (χ0n) is 11.8. The van der Waals surface area contributed by atoms with Gasteiger partial charge in [-0.3, -0.25) is 4.79 Å². The van der Waals surface area contributed by atoms with Crippen LogP contribution in [0.5, 0.6) is 11.5 Å². The van der Waals surface area contributed by atoms with Crippen molar-refractivity contribution in [2.75, 3.05) is 31.6 Å². The van der Waals surface area contributed by atoms with Crippen LogP contribution in [-0.2, 0) is 4.79 Å². The molecule has 6 heteroatoms. The number of carbonyl (C=O) groups excluding carboxylic acids is 1. The van der Waals surface area contributed by atoms with Crippen molar-refractivity contribution in [2.24, 2.45) is 5.92 Å². The van der Waals surface area contributed by atoms with E-state index in [0.29, 0.717) is 36.3 Å². The lowest BCUT2D eigenvalue weighted by molar-refractivity contribution is -0.115. The normalized spacial score (nSPS) is 23.3. The number of carbonyl (C=O) groups is 1. The quantitative estimate of drug-likeness (QED) is 0.746. The second-order valence-corrected chi connectivity index (χ2v) is 5.53. The van der Waals surface area contributed by atoms with E-state index < -0.39 is 0 Å². The fourth-order valence-corrected chi connectivity index (χ4v) is 2.58. The van der Waals surface area contributed by atoms with Gasteiger partial charge in [-0.25, -0.2) is 0 Å². The molecule has 1 heterocycles. The van der Waals surface area contributed by atoms with Crippen molar-refractivity contribution in [3.63, 3.8) is 0 Å². The van der Waals surface area contributed by atoms with Gasteiger partial charge in [0.1, 0.15) is 13.2 Å². The summed E-state index contributed by atoms with van der Waals surface area (Å²) in [7, 11) is 0. The van der Waals surface area contributed by atoms with Crippen LogP contribution < -0.4 is 20.1 Å². The number of anilines is 1. The van der Waals surface area contributed by atoms with Crippen molar-refractivity contribution in [1.82, 2.24) is 5.32 Å². The Kier molecular flexibility index (Phi) is 4.26. The minimum absolute atomic E-state index is 0.0912. The molecule has 114 valence electrons. The van der Waals surface area contributed by atoms with Crippen LogP contribution in [0.2, 0.25) is 0 Å². The lowest BCUT2D eigenvalue weighted by Crippen LogP contribution is -2.38. The number of fused-ring (bicyclic) bond motifs is 1. The number of rotatable bonds is 5. The highest BCUT2D eigenvalue weighted by Gasteiger charge is 2.26. The van der Waals surface area contributed by atoms with E-state index in [1.54, 1.807) is 18.2 Å². The second-order valence-electron chi connectivity index (χ2n) is 5.53. The predicted molar refractivity (Wildman–Crippen MR) is 77.7 cm³/mol. The first-order valence-corrected chi connectivity index (χ1v) is 7.29. The summed E-state index contributed by atoms with van der Waals surface area (Å²) in [6, 6.07) is 5.37. The van der Waals surface area contributed by atoms with Crippen LogP contribution >= 0.6 is 0 Å². The number of benzene rings is 1. The van der Waals surface area contributed by atoms with Gasteiger partial charge in [0.25, 0.3) is 0 Å². The van der Waals surface area contributed by atoms with Crippen LogP contribution in [0.4, 0.5) is 5.69 Å². The summed E-state index contributed by atoms with van der Waals surface area (Å²) < 4.78 is 10.9. The second kappa shape index (κ2) is 6.32. The van der Waals surface area contributed by atoms with Crippen molar-refractivity contribution in [3.05, 3.63) is 18.2 Å². The molecule has 1 fully saturated rings. The van der Waals surface area contributed by atoms with Crippen molar-refractivity contribution >= 4 is 11.6 Å². The molecule has 1 aromatic carbocycles. The summed E-state index contributed by atoms with van der Waals surface area (Å²) in [5, 5.41) is 15.1. The molecule has 0 radical (unpaired) electrons. The standard InChI is InChI=1S/C15H20N2O4/c18-12-5-10(6-12)8-16-9-15(19)17-11-1-2-13-14(7-11)21-4-3-20-13/h1-2,7,10,12,16,18H,3-6,8-9H2,(H,17,19). The molecule has 1 aliphatic carbocycles. The molecular formula is C15H20N2O4. The van der Waals surface area contributed by atoms with Gasteiger partial charge in [0.05, 0.1) is 12.6 Å². The van der Waals surface area contributed by atoms with E-state index in [-0.39, 0.29) is 18.6 Å². The minimum atomic E-state index is -0.150. The summed E-state index contributed by atoms with van der Waals surface area (Å²) in [5.74, 6) is 1.77. The number of nitrogens with one attached hydrogen (secondary N) is 2. The van der Waals surface area contributed by atoms with Gasteiger partial charge in [-0.1, -0.05) is 0 Å².